The summed E-state index contributed by atoms with van der Waals surface area (Å²) in [6.07, 6.45) is 0. The van der Waals surface area contributed by atoms with Crippen molar-refractivity contribution < 1.29 is 0 Å². The molecule has 13 heavy (non-hydrogen) atoms. The Labute approximate surface area is 76.3 Å². The van der Waals surface area contributed by atoms with Crippen molar-refractivity contribution in [2.45, 2.75) is 6.92 Å². The lowest BCUT2D eigenvalue weighted by atomic mass is 10.3. The quantitative estimate of drug-likeness (QED) is 0.506. The molecular weight excluding hydrogens is 164 g/mol. The first kappa shape index (κ1) is 8.07. The van der Waals surface area contributed by atoms with Gasteiger partial charge in [0.05, 0.1) is 16.7 Å². The third kappa shape index (κ3) is 1.15. The predicted octanol–water partition coefficient (Wildman–Crippen LogP) is 1.17. The molecule has 0 saturated heterocycles. The largest absolute Gasteiger partial charge is 0.331 e. The highest BCUT2D eigenvalue weighted by atomic mass is 15.2. The van der Waals surface area contributed by atoms with Gasteiger partial charge in [-0.15, -0.1) is 0 Å². The van der Waals surface area contributed by atoms with E-state index in [1.165, 1.54) is 0 Å². The lowest BCUT2D eigenvalue weighted by molar-refractivity contribution is 0.886. The average molecular weight is 176 g/mol. The molecule has 0 spiro atoms. The molecule has 3 N–H and O–H groups in total. The molecule has 2 rings (SSSR count). The van der Waals surface area contributed by atoms with Crippen LogP contribution in [0.1, 0.15) is 5.82 Å². The Balaban J connectivity index is 2.73. The van der Waals surface area contributed by atoms with Crippen LogP contribution in [0.15, 0.2) is 18.2 Å². The summed E-state index contributed by atoms with van der Waals surface area (Å²) in [5, 5.41) is 0. The number of hydrogen-bond acceptors (Lipinski definition) is 3. The van der Waals surface area contributed by atoms with Gasteiger partial charge in [0, 0.05) is 7.05 Å². The molecule has 1 aromatic heterocycles. The fourth-order valence-electron chi connectivity index (χ4n) is 1.41. The summed E-state index contributed by atoms with van der Waals surface area (Å²) in [5.74, 6) is 6.30. The van der Waals surface area contributed by atoms with Crippen molar-refractivity contribution in [2.24, 2.45) is 12.9 Å². The molecule has 4 heteroatoms. The predicted molar refractivity (Wildman–Crippen MR) is 53.3 cm³/mol. The van der Waals surface area contributed by atoms with E-state index >= 15 is 0 Å². The molecule has 4 nitrogen and oxygen atoms in total. The zero-order valence-corrected chi connectivity index (χ0v) is 7.70. The number of hydrogen-bond donors (Lipinski definition) is 2. The minimum Gasteiger partial charge on any atom is -0.331 e. The van der Waals surface area contributed by atoms with Crippen LogP contribution in [0.25, 0.3) is 11.0 Å². The Morgan fingerprint density at radius 1 is 1.46 bits per heavy atom. The van der Waals surface area contributed by atoms with Gasteiger partial charge < -0.3 is 9.99 Å². The lowest BCUT2D eigenvalue weighted by Gasteiger charge is -1.99. The summed E-state index contributed by atoms with van der Waals surface area (Å²) in [6.45, 7) is 1.98. The Kier molecular flexibility index (Phi) is 1.70. The van der Waals surface area contributed by atoms with E-state index in [2.05, 4.69) is 15.0 Å². The van der Waals surface area contributed by atoms with Gasteiger partial charge in [0.2, 0.25) is 0 Å². The van der Waals surface area contributed by atoms with Gasteiger partial charge in [-0.05, 0) is 25.1 Å². The fourth-order valence-corrected chi connectivity index (χ4v) is 1.41. The van der Waals surface area contributed by atoms with Crippen molar-refractivity contribution in [3.8, 4) is 0 Å². The van der Waals surface area contributed by atoms with Crippen molar-refractivity contribution in [3.05, 3.63) is 24.0 Å². The van der Waals surface area contributed by atoms with Crippen molar-refractivity contribution >= 4 is 16.7 Å². The summed E-state index contributed by atoms with van der Waals surface area (Å²) in [7, 11) is 2.00. The maximum atomic E-state index is 5.30. The average Bonchev–Trinajstić information content (AvgIpc) is 2.42. The Morgan fingerprint density at radius 3 is 2.92 bits per heavy atom. The van der Waals surface area contributed by atoms with Gasteiger partial charge in [0.15, 0.2) is 0 Å². The van der Waals surface area contributed by atoms with Crippen LogP contribution in [0.4, 0.5) is 5.69 Å². The summed E-state index contributed by atoms with van der Waals surface area (Å²) in [5.41, 5.74) is 5.57. The van der Waals surface area contributed by atoms with E-state index in [1.807, 2.05) is 32.2 Å². The molecule has 68 valence electrons. The number of imidazole rings is 1. The minimum atomic E-state index is 0.880. The Morgan fingerprint density at radius 2 is 2.23 bits per heavy atom. The maximum Gasteiger partial charge on any atom is 0.106 e. The topological polar surface area (TPSA) is 55.9 Å². The van der Waals surface area contributed by atoms with Crippen molar-refractivity contribution in [1.29, 1.82) is 0 Å². The fraction of sp³-hybridized carbons (Fsp3) is 0.222. The van der Waals surface area contributed by atoms with Crippen LogP contribution >= 0.6 is 0 Å². The third-order valence-corrected chi connectivity index (χ3v) is 2.27. The molecule has 2 aromatic rings. The highest BCUT2D eigenvalue weighted by Gasteiger charge is 2.03. The highest BCUT2D eigenvalue weighted by molar-refractivity contribution is 5.79. The molecule has 1 aromatic carbocycles. The van der Waals surface area contributed by atoms with Crippen molar-refractivity contribution in [3.63, 3.8) is 0 Å². The number of rotatable bonds is 1. The highest BCUT2D eigenvalue weighted by Crippen LogP contribution is 2.18. The number of nitrogens with zero attached hydrogens (tertiary/aromatic N) is 2. The lowest BCUT2D eigenvalue weighted by Crippen LogP contribution is -2.06. The van der Waals surface area contributed by atoms with Crippen LogP contribution < -0.4 is 11.3 Å². The van der Waals surface area contributed by atoms with Gasteiger partial charge in [-0.1, -0.05) is 0 Å². The van der Waals surface area contributed by atoms with Crippen LogP contribution in [-0.2, 0) is 7.05 Å². The SMILES string of the molecule is Cc1nc2cc(NN)ccc2n1C. The van der Waals surface area contributed by atoms with Crippen LogP contribution in [0.5, 0.6) is 0 Å². The molecule has 0 aliphatic carbocycles. The zero-order valence-electron chi connectivity index (χ0n) is 7.70. The molecular formula is C9H12N4. The summed E-state index contributed by atoms with van der Waals surface area (Å²) < 4.78 is 2.05. The van der Waals surface area contributed by atoms with E-state index in [9.17, 15) is 0 Å². The van der Waals surface area contributed by atoms with Gasteiger partial charge in [0.1, 0.15) is 5.82 Å². The minimum absolute atomic E-state index is 0.880. The molecule has 0 bridgehead atoms. The third-order valence-electron chi connectivity index (χ3n) is 2.27. The Hall–Kier alpha value is -1.55. The number of nitrogens with two attached hydrogens (primary N) is 1. The molecule has 0 unspecified atom stereocenters. The molecule has 0 amide bonds. The number of nitrogen functional groups attached to an aromatic ring is 1. The van der Waals surface area contributed by atoms with Gasteiger partial charge in [-0.2, -0.15) is 0 Å². The zero-order chi connectivity index (χ0) is 9.42. The van der Waals surface area contributed by atoms with Crippen LogP contribution in [-0.4, -0.2) is 9.55 Å². The first-order valence-corrected chi connectivity index (χ1v) is 4.12. The number of nitrogens with one attached hydrogen (secondary N) is 1. The van der Waals surface area contributed by atoms with Gasteiger partial charge in [-0.3, -0.25) is 5.84 Å². The number of aryl methyl sites for hydroxylation is 2. The summed E-state index contributed by atoms with van der Waals surface area (Å²) in [6, 6.07) is 5.87. The van der Waals surface area contributed by atoms with Crippen LogP contribution in [0.2, 0.25) is 0 Å². The molecule has 0 saturated carbocycles. The summed E-state index contributed by atoms with van der Waals surface area (Å²) in [4.78, 5) is 4.39. The Bertz CT molecular complexity index is 444. The number of hydrazine groups is 1. The first-order chi connectivity index (χ1) is 6.22. The number of benzene rings is 1. The van der Waals surface area contributed by atoms with Crippen molar-refractivity contribution in [2.75, 3.05) is 5.43 Å². The summed E-state index contributed by atoms with van der Waals surface area (Å²) >= 11 is 0. The standard InChI is InChI=1S/C9H12N4/c1-6-11-8-5-7(12-10)3-4-9(8)13(6)2/h3-5,12H,10H2,1-2H3. The second-order valence-electron chi connectivity index (χ2n) is 3.07. The van der Waals surface area contributed by atoms with Gasteiger partial charge >= 0.3 is 0 Å². The van der Waals surface area contributed by atoms with E-state index in [1.54, 1.807) is 0 Å². The van der Waals surface area contributed by atoms with E-state index in [0.29, 0.717) is 0 Å². The smallest absolute Gasteiger partial charge is 0.106 e. The van der Waals surface area contributed by atoms with E-state index in [4.69, 9.17) is 5.84 Å². The van der Waals surface area contributed by atoms with Crippen LogP contribution in [0.3, 0.4) is 0 Å². The monoisotopic (exact) mass is 176 g/mol. The van der Waals surface area contributed by atoms with Gasteiger partial charge in [0.25, 0.3) is 0 Å². The molecule has 0 aliphatic heterocycles. The number of fused-ring (bicyclic) bond motifs is 1. The normalized spacial score (nSPS) is 10.7. The second-order valence-corrected chi connectivity index (χ2v) is 3.07. The van der Waals surface area contributed by atoms with Crippen LogP contribution in [0, 0.1) is 6.92 Å². The van der Waals surface area contributed by atoms with E-state index in [0.717, 1.165) is 22.5 Å². The molecule has 0 radical (unpaired) electrons. The first-order valence-electron chi connectivity index (χ1n) is 4.12. The number of aromatic nitrogens is 2. The molecule has 0 atom stereocenters. The van der Waals surface area contributed by atoms with Crippen molar-refractivity contribution in [1.82, 2.24) is 9.55 Å². The molecule has 0 fully saturated rings. The van der Waals surface area contributed by atoms with E-state index < -0.39 is 0 Å². The molecule has 1 heterocycles. The van der Waals surface area contributed by atoms with E-state index in [-0.39, 0.29) is 0 Å². The second kappa shape index (κ2) is 2.74. The maximum absolute atomic E-state index is 5.30. The molecule has 0 aliphatic rings. The number of anilines is 1. The van der Waals surface area contributed by atoms with Gasteiger partial charge in [-0.25, -0.2) is 4.98 Å².